The molecule has 1 atom stereocenters. The maximum Gasteiger partial charge on any atom is 0.163 e. The molecular weight excluding hydrogens is 254 g/mol. The van der Waals surface area contributed by atoms with Crippen LogP contribution in [0.15, 0.2) is 18.2 Å². The van der Waals surface area contributed by atoms with E-state index >= 15 is 0 Å². The van der Waals surface area contributed by atoms with Crippen LogP contribution in [-0.2, 0) is 0 Å². The molecule has 1 aromatic rings. The number of ether oxygens (including phenoxy) is 2. The summed E-state index contributed by atoms with van der Waals surface area (Å²) in [6.07, 6.45) is 0. The lowest BCUT2D eigenvalue weighted by molar-refractivity contribution is -1.02. The Bertz CT molecular complexity index is 431. The third-order valence-corrected chi connectivity index (χ3v) is 4.34. The fraction of sp³-hybridized carbons (Fsp3) is 0.600. The molecule has 20 heavy (non-hydrogen) atoms. The average Bonchev–Trinajstić information content (AvgIpc) is 2.49. The molecule has 5 nitrogen and oxygen atoms in total. The second kappa shape index (κ2) is 6.92. The number of methoxy groups -OCH3 is 2. The summed E-state index contributed by atoms with van der Waals surface area (Å²) >= 11 is 0. The second-order valence-corrected chi connectivity index (χ2v) is 5.57. The highest BCUT2D eigenvalue weighted by atomic mass is 16.5. The Morgan fingerprint density at radius 1 is 1.10 bits per heavy atom. The van der Waals surface area contributed by atoms with Gasteiger partial charge >= 0.3 is 0 Å². The highest BCUT2D eigenvalue weighted by molar-refractivity contribution is 5.43. The highest BCUT2D eigenvalue weighted by Crippen LogP contribution is 2.29. The van der Waals surface area contributed by atoms with Gasteiger partial charge in [0.15, 0.2) is 17.5 Å². The zero-order chi connectivity index (χ0) is 14.5. The molecule has 1 fully saturated rings. The molecule has 0 aliphatic carbocycles. The number of quaternary nitrogens is 3. The van der Waals surface area contributed by atoms with E-state index in [-0.39, 0.29) is 0 Å². The number of piperazine rings is 1. The minimum absolute atomic E-state index is 0.447. The van der Waals surface area contributed by atoms with Crippen molar-refractivity contribution in [1.29, 1.82) is 0 Å². The number of rotatable bonds is 5. The van der Waals surface area contributed by atoms with Crippen LogP contribution in [0, 0.1) is 0 Å². The molecule has 0 bridgehead atoms. The molecule has 0 unspecified atom stereocenters. The van der Waals surface area contributed by atoms with Crippen LogP contribution in [0.2, 0.25) is 0 Å². The van der Waals surface area contributed by atoms with Gasteiger partial charge in [-0.2, -0.15) is 0 Å². The molecular formula is C15H28N3O2+3. The Labute approximate surface area is 121 Å². The van der Waals surface area contributed by atoms with Crippen molar-refractivity contribution in [2.24, 2.45) is 0 Å². The van der Waals surface area contributed by atoms with Crippen molar-refractivity contribution < 1.29 is 25.0 Å². The Morgan fingerprint density at radius 3 is 2.30 bits per heavy atom. The molecule has 1 aromatic carbocycles. The van der Waals surface area contributed by atoms with E-state index in [2.05, 4.69) is 24.9 Å². The average molecular weight is 282 g/mol. The molecule has 2 rings (SSSR count). The normalized spacial score (nSPS) is 24.2. The first-order valence-corrected chi connectivity index (χ1v) is 7.36. The summed E-state index contributed by atoms with van der Waals surface area (Å²) in [5.41, 5.74) is 5.45. The number of benzene rings is 1. The third kappa shape index (κ3) is 3.23. The van der Waals surface area contributed by atoms with Gasteiger partial charge in [-0.3, -0.25) is 0 Å². The Kier molecular flexibility index (Phi) is 5.23. The molecule has 0 amide bonds. The molecule has 0 spiro atoms. The molecule has 0 radical (unpaired) electrons. The van der Waals surface area contributed by atoms with Crippen LogP contribution in [0.25, 0.3) is 0 Å². The topological polar surface area (TPSA) is 55.0 Å². The van der Waals surface area contributed by atoms with Crippen molar-refractivity contribution >= 4 is 0 Å². The smallest absolute Gasteiger partial charge is 0.163 e. The van der Waals surface area contributed by atoms with E-state index in [1.807, 2.05) is 6.07 Å². The molecule has 112 valence electrons. The van der Waals surface area contributed by atoms with Gasteiger partial charge in [0.2, 0.25) is 0 Å². The summed E-state index contributed by atoms with van der Waals surface area (Å²) in [6.45, 7) is 5.79. The van der Waals surface area contributed by atoms with Crippen LogP contribution in [-0.4, -0.2) is 54.0 Å². The van der Waals surface area contributed by atoms with Crippen molar-refractivity contribution in [2.45, 2.75) is 6.04 Å². The molecule has 1 saturated heterocycles. The molecule has 5 heteroatoms. The first kappa shape index (κ1) is 15.1. The standard InChI is InChI=1S/C15H25N3O2/c1-17-6-8-18(9-7-17)13(11-16)12-4-5-14(19-2)15(10-12)20-3/h4-5,10,13H,6-9,11,16H2,1-3H3/p+3/t13-/m0/s1. The van der Waals surface area contributed by atoms with Crippen molar-refractivity contribution in [3.63, 3.8) is 0 Å². The number of nitrogens with one attached hydrogen (secondary N) is 2. The van der Waals surface area contributed by atoms with E-state index in [1.54, 1.807) is 24.0 Å². The summed E-state index contributed by atoms with van der Waals surface area (Å²) in [5, 5.41) is 0. The maximum absolute atomic E-state index is 5.42. The lowest BCUT2D eigenvalue weighted by Gasteiger charge is -2.32. The molecule has 0 saturated carbocycles. The van der Waals surface area contributed by atoms with Crippen molar-refractivity contribution in [3.8, 4) is 11.5 Å². The van der Waals surface area contributed by atoms with Crippen LogP contribution >= 0.6 is 0 Å². The van der Waals surface area contributed by atoms with Crippen molar-refractivity contribution in [3.05, 3.63) is 23.8 Å². The lowest BCUT2D eigenvalue weighted by Crippen LogP contribution is -3.27. The van der Waals surface area contributed by atoms with Crippen LogP contribution in [0.4, 0.5) is 0 Å². The van der Waals surface area contributed by atoms with Crippen LogP contribution in [0.5, 0.6) is 11.5 Å². The monoisotopic (exact) mass is 282 g/mol. The highest BCUT2D eigenvalue weighted by Gasteiger charge is 2.30. The summed E-state index contributed by atoms with van der Waals surface area (Å²) in [4.78, 5) is 3.27. The van der Waals surface area contributed by atoms with Crippen LogP contribution < -0.4 is 25.0 Å². The first-order chi connectivity index (χ1) is 9.69. The maximum atomic E-state index is 5.42. The predicted molar refractivity (Wildman–Crippen MR) is 77.4 cm³/mol. The van der Waals surface area contributed by atoms with Gasteiger partial charge in [0, 0.05) is 5.56 Å². The van der Waals surface area contributed by atoms with Gasteiger partial charge in [0.1, 0.15) is 32.7 Å². The Balaban J connectivity index is 2.18. The van der Waals surface area contributed by atoms with Crippen LogP contribution in [0.1, 0.15) is 11.6 Å². The fourth-order valence-corrected chi connectivity index (χ4v) is 3.02. The summed E-state index contributed by atoms with van der Waals surface area (Å²) in [7, 11) is 5.63. The van der Waals surface area contributed by atoms with E-state index in [0.29, 0.717) is 6.04 Å². The van der Waals surface area contributed by atoms with Crippen molar-refractivity contribution in [2.75, 3.05) is 54.0 Å². The molecule has 5 N–H and O–H groups in total. The largest absolute Gasteiger partial charge is 0.493 e. The minimum Gasteiger partial charge on any atom is -0.493 e. The van der Waals surface area contributed by atoms with E-state index < -0.39 is 0 Å². The van der Waals surface area contributed by atoms with Crippen molar-refractivity contribution in [1.82, 2.24) is 0 Å². The molecule has 0 aromatic heterocycles. The van der Waals surface area contributed by atoms with Gasteiger partial charge in [-0.15, -0.1) is 0 Å². The Morgan fingerprint density at radius 2 is 1.75 bits per heavy atom. The fourth-order valence-electron chi connectivity index (χ4n) is 3.02. The summed E-state index contributed by atoms with van der Waals surface area (Å²) in [5.74, 6) is 1.60. The second-order valence-electron chi connectivity index (χ2n) is 5.57. The minimum atomic E-state index is 0.447. The van der Waals surface area contributed by atoms with Gasteiger partial charge in [-0.05, 0) is 18.2 Å². The van der Waals surface area contributed by atoms with Gasteiger partial charge in [0.05, 0.1) is 21.3 Å². The van der Waals surface area contributed by atoms with Gasteiger partial charge < -0.3 is 25.0 Å². The van der Waals surface area contributed by atoms with E-state index in [0.717, 1.165) is 18.0 Å². The molecule has 1 heterocycles. The van der Waals surface area contributed by atoms with Crippen LogP contribution in [0.3, 0.4) is 0 Å². The summed E-state index contributed by atoms with van der Waals surface area (Å²) < 4.78 is 10.7. The molecule has 1 aliphatic heterocycles. The van der Waals surface area contributed by atoms with E-state index in [4.69, 9.17) is 9.47 Å². The van der Waals surface area contributed by atoms with E-state index in [9.17, 15) is 0 Å². The summed E-state index contributed by atoms with van der Waals surface area (Å²) in [6, 6.07) is 6.70. The number of likely N-dealkylation sites (N-methyl/N-ethyl adjacent to an activating group) is 1. The quantitative estimate of drug-likeness (QED) is 0.555. The van der Waals surface area contributed by atoms with Gasteiger partial charge in [0.25, 0.3) is 0 Å². The lowest BCUT2D eigenvalue weighted by atomic mass is 10.0. The molecule has 1 aliphatic rings. The SMILES string of the molecule is COc1ccc([C@H](C[NH3+])[NH+]2CC[NH+](C)CC2)cc1OC. The third-order valence-electron chi connectivity index (χ3n) is 4.34. The van der Waals surface area contributed by atoms with Gasteiger partial charge in [-0.1, -0.05) is 0 Å². The predicted octanol–water partition coefficient (Wildman–Crippen LogP) is -2.60. The van der Waals surface area contributed by atoms with E-state index in [1.165, 1.54) is 31.7 Å². The zero-order valence-electron chi connectivity index (χ0n) is 12.9. The Hall–Kier alpha value is -1.30. The van der Waals surface area contributed by atoms with Gasteiger partial charge in [-0.25, -0.2) is 0 Å². The number of hydrogen-bond donors (Lipinski definition) is 3. The first-order valence-electron chi connectivity index (χ1n) is 7.36. The number of hydrogen-bond acceptors (Lipinski definition) is 2. The zero-order valence-corrected chi connectivity index (χ0v) is 12.9.